The highest BCUT2D eigenvalue weighted by Gasteiger charge is 2.37. The van der Waals surface area contributed by atoms with Gasteiger partial charge in [-0.3, -0.25) is 9.59 Å². The summed E-state index contributed by atoms with van der Waals surface area (Å²) in [5.41, 5.74) is 6.71. The Morgan fingerprint density at radius 1 is 1.30 bits per heavy atom. The van der Waals surface area contributed by atoms with Gasteiger partial charge < -0.3 is 15.5 Å². The van der Waals surface area contributed by atoms with E-state index in [4.69, 9.17) is 17.3 Å². The first-order valence-corrected chi connectivity index (χ1v) is 7.07. The molecule has 1 unspecified atom stereocenters. The van der Waals surface area contributed by atoms with Crippen molar-refractivity contribution >= 4 is 29.1 Å². The minimum Gasteiger partial charge on any atom is -0.399 e. The normalized spacial score (nSPS) is 22.1. The van der Waals surface area contributed by atoms with Crippen LogP contribution in [0.1, 0.15) is 23.2 Å². The van der Waals surface area contributed by atoms with E-state index in [1.165, 1.54) is 0 Å². The van der Waals surface area contributed by atoms with Gasteiger partial charge in [-0.25, -0.2) is 0 Å². The smallest absolute Gasteiger partial charge is 0.254 e. The second-order valence-electron chi connectivity index (χ2n) is 5.30. The monoisotopic (exact) mass is 293 g/mol. The third kappa shape index (κ3) is 2.33. The number of nitrogens with two attached hydrogens (primary N) is 1. The lowest BCUT2D eigenvalue weighted by molar-refractivity contribution is -0.130. The topological polar surface area (TPSA) is 66.6 Å². The molecule has 106 valence electrons. The van der Waals surface area contributed by atoms with Gasteiger partial charge in [-0.2, -0.15) is 0 Å². The standard InChI is InChI=1S/C14H16ClN3O2/c15-10-5-9(6-11(16)7-10)14(20)17-3-4-18-12(8-17)1-2-13(18)19/h5-7,12H,1-4,8,16H2. The van der Waals surface area contributed by atoms with E-state index in [1.807, 2.05) is 4.90 Å². The number of carbonyl (C=O) groups excluding carboxylic acids is 2. The highest BCUT2D eigenvalue weighted by Crippen LogP contribution is 2.25. The second kappa shape index (κ2) is 4.98. The molecule has 1 atom stereocenters. The van der Waals surface area contributed by atoms with Crippen molar-refractivity contribution in [1.82, 2.24) is 9.80 Å². The fraction of sp³-hybridized carbons (Fsp3) is 0.429. The second-order valence-corrected chi connectivity index (χ2v) is 5.74. The number of hydrogen-bond acceptors (Lipinski definition) is 3. The maximum atomic E-state index is 12.5. The van der Waals surface area contributed by atoms with Crippen LogP contribution in [0.4, 0.5) is 5.69 Å². The van der Waals surface area contributed by atoms with Crippen molar-refractivity contribution in [1.29, 1.82) is 0 Å². The van der Waals surface area contributed by atoms with Crippen LogP contribution in [0.3, 0.4) is 0 Å². The van der Waals surface area contributed by atoms with E-state index in [0.29, 0.717) is 42.3 Å². The van der Waals surface area contributed by atoms with Crippen molar-refractivity contribution in [3.05, 3.63) is 28.8 Å². The van der Waals surface area contributed by atoms with Gasteiger partial charge in [0.15, 0.2) is 0 Å². The Hall–Kier alpha value is -1.75. The van der Waals surface area contributed by atoms with Crippen LogP contribution in [0.15, 0.2) is 18.2 Å². The van der Waals surface area contributed by atoms with Crippen LogP contribution in [-0.4, -0.2) is 47.3 Å². The van der Waals surface area contributed by atoms with Crippen molar-refractivity contribution in [2.75, 3.05) is 25.4 Å². The maximum Gasteiger partial charge on any atom is 0.254 e. The van der Waals surface area contributed by atoms with Gasteiger partial charge in [-0.1, -0.05) is 11.6 Å². The molecule has 0 saturated carbocycles. The molecule has 2 aliphatic rings. The number of piperazine rings is 1. The fourth-order valence-electron chi connectivity index (χ4n) is 2.97. The molecule has 1 aromatic rings. The average molecular weight is 294 g/mol. The van der Waals surface area contributed by atoms with Crippen LogP contribution in [0, 0.1) is 0 Å². The molecule has 0 aromatic heterocycles. The van der Waals surface area contributed by atoms with E-state index >= 15 is 0 Å². The number of anilines is 1. The van der Waals surface area contributed by atoms with Gasteiger partial charge in [-0.05, 0) is 24.6 Å². The molecule has 2 amide bonds. The summed E-state index contributed by atoms with van der Waals surface area (Å²) in [5.74, 6) is 0.132. The predicted molar refractivity (Wildman–Crippen MR) is 76.5 cm³/mol. The van der Waals surface area contributed by atoms with E-state index in [2.05, 4.69) is 0 Å². The Labute approximate surface area is 122 Å². The van der Waals surface area contributed by atoms with Crippen LogP contribution in [0.2, 0.25) is 5.02 Å². The molecule has 6 heteroatoms. The first-order valence-electron chi connectivity index (χ1n) is 6.69. The summed E-state index contributed by atoms with van der Waals surface area (Å²) in [5, 5.41) is 0.461. The van der Waals surface area contributed by atoms with Gasteiger partial charge in [0, 0.05) is 48.4 Å². The number of amides is 2. The average Bonchev–Trinajstić information content (AvgIpc) is 2.78. The van der Waals surface area contributed by atoms with Crippen molar-refractivity contribution in [2.45, 2.75) is 18.9 Å². The zero-order valence-corrected chi connectivity index (χ0v) is 11.8. The van der Waals surface area contributed by atoms with E-state index < -0.39 is 0 Å². The molecule has 0 spiro atoms. The van der Waals surface area contributed by atoms with Crippen LogP contribution in [0.25, 0.3) is 0 Å². The van der Waals surface area contributed by atoms with Crippen LogP contribution in [-0.2, 0) is 4.79 Å². The van der Waals surface area contributed by atoms with Crippen LogP contribution in [0.5, 0.6) is 0 Å². The number of rotatable bonds is 1. The quantitative estimate of drug-likeness (QED) is 0.795. The van der Waals surface area contributed by atoms with E-state index in [-0.39, 0.29) is 17.9 Å². The summed E-state index contributed by atoms with van der Waals surface area (Å²) in [7, 11) is 0. The van der Waals surface area contributed by atoms with Gasteiger partial charge in [0.25, 0.3) is 5.91 Å². The molecule has 1 aromatic carbocycles. The van der Waals surface area contributed by atoms with Crippen LogP contribution < -0.4 is 5.73 Å². The van der Waals surface area contributed by atoms with E-state index in [0.717, 1.165) is 6.42 Å². The van der Waals surface area contributed by atoms with Gasteiger partial charge in [0.05, 0.1) is 0 Å². The van der Waals surface area contributed by atoms with Crippen molar-refractivity contribution in [3.8, 4) is 0 Å². The Morgan fingerprint density at radius 2 is 2.10 bits per heavy atom. The molecule has 0 aliphatic carbocycles. The number of halogens is 1. The highest BCUT2D eigenvalue weighted by atomic mass is 35.5. The number of fused-ring (bicyclic) bond motifs is 1. The lowest BCUT2D eigenvalue weighted by Gasteiger charge is -2.37. The minimum absolute atomic E-state index is 0.0711. The molecule has 0 radical (unpaired) electrons. The summed E-state index contributed by atoms with van der Waals surface area (Å²) in [6, 6.07) is 5.05. The molecular weight excluding hydrogens is 278 g/mol. The molecule has 5 nitrogen and oxygen atoms in total. The van der Waals surface area contributed by atoms with Gasteiger partial charge in [-0.15, -0.1) is 0 Å². The van der Waals surface area contributed by atoms with Crippen molar-refractivity contribution in [3.63, 3.8) is 0 Å². The Bertz CT molecular complexity index is 555. The molecule has 20 heavy (non-hydrogen) atoms. The SMILES string of the molecule is Nc1cc(Cl)cc(C(=O)N2CCN3C(=O)CCC3C2)c1. The van der Waals surface area contributed by atoms with Crippen LogP contribution >= 0.6 is 11.6 Å². The molecule has 0 bridgehead atoms. The molecular formula is C14H16ClN3O2. The Kier molecular flexibility index (Phi) is 3.30. The predicted octanol–water partition coefficient (Wildman–Crippen LogP) is 1.37. The fourth-order valence-corrected chi connectivity index (χ4v) is 3.21. The lowest BCUT2D eigenvalue weighted by atomic mass is 10.1. The molecule has 2 saturated heterocycles. The third-order valence-electron chi connectivity index (χ3n) is 3.95. The number of nitrogens with zero attached hydrogens (tertiary/aromatic N) is 2. The number of nitrogen functional groups attached to an aromatic ring is 1. The first kappa shape index (κ1) is 13.2. The van der Waals surface area contributed by atoms with E-state index in [1.54, 1.807) is 23.1 Å². The zero-order chi connectivity index (χ0) is 14.3. The van der Waals surface area contributed by atoms with Gasteiger partial charge in [0.2, 0.25) is 5.91 Å². The van der Waals surface area contributed by atoms with Crippen molar-refractivity contribution in [2.24, 2.45) is 0 Å². The largest absolute Gasteiger partial charge is 0.399 e. The first-order chi connectivity index (χ1) is 9.54. The Balaban J connectivity index is 1.76. The summed E-state index contributed by atoms with van der Waals surface area (Å²) in [6.45, 7) is 1.77. The molecule has 2 aliphatic heterocycles. The van der Waals surface area contributed by atoms with Crippen molar-refractivity contribution < 1.29 is 9.59 Å². The lowest BCUT2D eigenvalue weighted by Crippen LogP contribution is -2.53. The number of carbonyl (C=O) groups is 2. The summed E-state index contributed by atoms with van der Waals surface area (Å²) < 4.78 is 0. The Morgan fingerprint density at radius 3 is 2.85 bits per heavy atom. The van der Waals surface area contributed by atoms with E-state index in [9.17, 15) is 9.59 Å². The van der Waals surface area contributed by atoms with Gasteiger partial charge >= 0.3 is 0 Å². The zero-order valence-electron chi connectivity index (χ0n) is 11.0. The maximum absolute atomic E-state index is 12.5. The molecule has 3 rings (SSSR count). The van der Waals surface area contributed by atoms with Gasteiger partial charge in [0.1, 0.15) is 0 Å². The minimum atomic E-state index is -0.0711. The molecule has 2 fully saturated rings. The summed E-state index contributed by atoms with van der Waals surface area (Å²) in [4.78, 5) is 27.8. The number of hydrogen-bond donors (Lipinski definition) is 1. The third-order valence-corrected chi connectivity index (χ3v) is 4.17. The highest BCUT2D eigenvalue weighted by molar-refractivity contribution is 6.31. The summed E-state index contributed by atoms with van der Waals surface area (Å²) in [6.07, 6.45) is 1.43. The summed E-state index contributed by atoms with van der Waals surface area (Å²) >= 11 is 5.94. The molecule has 2 heterocycles. The molecule has 2 N–H and O–H groups in total. The number of benzene rings is 1.